The third-order valence-electron chi connectivity index (χ3n) is 7.31. The van der Waals surface area contributed by atoms with Crippen LogP contribution in [-0.2, 0) is 11.3 Å². The van der Waals surface area contributed by atoms with Crippen LogP contribution in [0.15, 0.2) is 89.7 Å². The van der Waals surface area contributed by atoms with Crippen LogP contribution in [0.1, 0.15) is 22.3 Å². The van der Waals surface area contributed by atoms with E-state index in [2.05, 4.69) is 20.1 Å². The number of carboxylic acids is 1. The van der Waals surface area contributed by atoms with E-state index in [-0.39, 0.29) is 5.91 Å². The van der Waals surface area contributed by atoms with Crippen LogP contribution >= 0.6 is 0 Å². The lowest BCUT2D eigenvalue weighted by Crippen LogP contribution is -2.48. The zero-order chi connectivity index (χ0) is 26.8. The highest BCUT2D eigenvalue weighted by Crippen LogP contribution is 2.32. The van der Waals surface area contributed by atoms with Crippen molar-refractivity contribution in [3.8, 4) is 23.0 Å². The highest BCUT2D eigenvalue weighted by molar-refractivity contribution is 5.92. The van der Waals surface area contributed by atoms with Crippen molar-refractivity contribution in [1.29, 1.82) is 0 Å². The Bertz CT molecular complexity index is 1440. The zero-order valence-electron chi connectivity index (χ0n) is 21.2. The van der Waals surface area contributed by atoms with Gasteiger partial charge in [-0.1, -0.05) is 12.1 Å². The average Bonchev–Trinajstić information content (AvgIpc) is 3.69. The predicted octanol–water partition coefficient (Wildman–Crippen LogP) is 4.73. The lowest BCUT2D eigenvalue weighted by atomic mass is 10.1. The number of carbonyl (C=O) groups excluding carboxylic acids is 1. The van der Waals surface area contributed by atoms with Gasteiger partial charge in [-0.3, -0.25) is 14.6 Å². The molecule has 3 heterocycles. The minimum Gasteiger partial charge on any atom is -0.478 e. The number of nitrogens with one attached hydrogen (secondary N) is 1. The number of likely N-dealkylation sites (tertiary alicyclic amines) is 2. The lowest BCUT2D eigenvalue weighted by molar-refractivity contribution is -0.117. The molecule has 2 fully saturated rings. The fourth-order valence-corrected chi connectivity index (χ4v) is 5.37. The summed E-state index contributed by atoms with van der Waals surface area (Å²) < 4.78 is 11.2. The minimum atomic E-state index is -0.911. The zero-order valence-corrected chi connectivity index (χ0v) is 21.2. The van der Waals surface area contributed by atoms with Gasteiger partial charge in [-0.25, -0.2) is 9.78 Å². The summed E-state index contributed by atoms with van der Waals surface area (Å²) in [4.78, 5) is 32.6. The Morgan fingerprint density at radius 1 is 0.923 bits per heavy atom. The standard InChI is InChI=1S/C30H28N4O5/c35-28(19-34-18-24-15-25(34)17-33(24)16-20-1-3-22(4-2-20)30(36)37)32-23-7-11-27(12-8-23)39-26-9-5-21(6-10-26)29-31-13-14-38-29/h1-14,24-25H,15-19H2,(H,32,35)(H,36,37)/t24-,25-/m0/s1. The van der Waals surface area contributed by atoms with Gasteiger partial charge in [0.1, 0.15) is 17.8 Å². The van der Waals surface area contributed by atoms with Crippen LogP contribution in [0, 0.1) is 0 Å². The van der Waals surface area contributed by atoms with E-state index < -0.39 is 5.97 Å². The van der Waals surface area contributed by atoms with E-state index >= 15 is 0 Å². The summed E-state index contributed by atoms with van der Waals surface area (Å²) in [5.41, 5.74) is 3.00. The molecule has 39 heavy (non-hydrogen) atoms. The van der Waals surface area contributed by atoms with Gasteiger partial charge >= 0.3 is 5.97 Å². The van der Waals surface area contributed by atoms with Crippen molar-refractivity contribution in [2.24, 2.45) is 0 Å². The third-order valence-corrected chi connectivity index (χ3v) is 7.31. The molecule has 2 saturated heterocycles. The topological polar surface area (TPSA) is 108 Å². The van der Waals surface area contributed by atoms with E-state index in [9.17, 15) is 9.59 Å². The van der Waals surface area contributed by atoms with Crippen molar-refractivity contribution in [3.05, 3.63) is 96.4 Å². The van der Waals surface area contributed by atoms with Crippen LogP contribution in [-0.4, -0.2) is 63.5 Å². The monoisotopic (exact) mass is 524 g/mol. The van der Waals surface area contributed by atoms with Crippen LogP contribution in [0.3, 0.4) is 0 Å². The van der Waals surface area contributed by atoms with Gasteiger partial charge in [-0.05, 0) is 72.6 Å². The molecule has 1 aromatic heterocycles. The Balaban J connectivity index is 0.966. The number of ether oxygens (including phenoxy) is 1. The van der Waals surface area contributed by atoms with Gasteiger partial charge in [0.25, 0.3) is 0 Å². The molecule has 9 nitrogen and oxygen atoms in total. The summed E-state index contributed by atoms with van der Waals surface area (Å²) in [7, 11) is 0. The van der Waals surface area contributed by atoms with Crippen molar-refractivity contribution in [2.75, 3.05) is 25.0 Å². The molecule has 9 heteroatoms. The second kappa shape index (κ2) is 10.7. The molecule has 0 radical (unpaired) electrons. The van der Waals surface area contributed by atoms with Crippen molar-refractivity contribution in [1.82, 2.24) is 14.8 Å². The molecule has 4 aromatic rings. The summed E-state index contributed by atoms with van der Waals surface area (Å²) in [5.74, 6) is 0.981. The number of benzene rings is 3. The van der Waals surface area contributed by atoms with Gasteiger partial charge in [0.2, 0.25) is 11.8 Å². The number of carbonyl (C=O) groups is 2. The molecule has 2 atom stereocenters. The van der Waals surface area contributed by atoms with Crippen LogP contribution in [0.25, 0.3) is 11.5 Å². The highest BCUT2D eigenvalue weighted by atomic mass is 16.5. The Labute approximate surface area is 225 Å². The molecule has 0 spiro atoms. The number of nitrogens with zero attached hydrogens (tertiary/aromatic N) is 3. The molecular formula is C30H28N4O5. The minimum absolute atomic E-state index is 0.0332. The van der Waals surface area contributed by atoms with Crippen LogP contribution in [0.5, 0.6) is 11.5 Å². The first-order valence-corrected chi connectivity index (χ1v) is 12.9. The van der Waals surface area contributed by atoms with Gasteiger partial charge in [0, 0.05) is 43.0 Å². The van der Waals surface area contributed by atoms with E-state index in [1.807, 2.05) is 60.7 Å². The largest absolute Gasteiger partial charge is 0.478 e. The summed E-state index contributed by atoms with van der Waals surface area (Å²) in [5, 5.41) is 12.1. The van der Waals surface area contributed by atoms with Crippen LogP contribution in [0.2, 0.25) is 0 Å². The lowest BCUT2D eigenvalue weighted by Gasteiger charge is -2.33. The van der Waals surface area contributed by atoms with Crippen LogP contribution < -0.4 is 10.1 Å². The maximum atomic E-state index is 12.8. The average molecular weight is 525 g/mol. The fraction of sp³-hybridized carbons (Fsp3) is 0.233. The number of anilines is 1. The van der Waals surface area contributed by atoms with E-state index in [4.69, 9.17) is 14.3 Å². The van der Waals surface area contributed by atoms with Gasteiger partial charge in [0.05, 0.1) is 18.3 Å². The second-order valence-electron chi connectivity index (χ2n) is 9.94. The molecule has 0 unspecified atom stereocenters. The number of fused-ring (bicyclic) bond motifs is 2. The van der Waals surface area contributed by atoms with Crippen molar-refractivity contribution >= 4 is 17.6 Å². The number of carboxylic acid groups (broad SMARTS) is 1. The molecule has 2 aliphatic heterocycles. The molecule has 1 amide bonds. The number of piperazine rings is 1. The molecule has 6 rings (SSSR count). The van der Waals surface area contributed by atoms with E-state index in [1.54, 1.807) is 18.3 Å². The maximum Gasteiger partial charge on any atom is 0.335 e. The van der Waals surface area contributed by atoms with Crippen molar-refractivity contribution in [3.63, 3.8) is 0 Å². The first-order valence-electron chi connectivity index (χ1n) is 12.9. The van der Waals surface area contributed by atoms with Gasteiger partial charge in [-0.15, -0.1) is 0 Å². The van der Waals surface area contributed by atoms with Gasteiger partial charge in [0.15, 0.2) is 0 Å². The normalized spacial score (nSPS) is 18.8. The number of oxazole rings is 1. The highest BCUT2D eigenvalue weighted by Gasteiger charge is 2.43. The number of hydrogen-bond donors (Lipinski definition) is 2. The molecule has 198 valence electrons. The second-order valence-corrected chi connectivity index (χ2v) is 9.94. The Kier molecular flexibility index (Phi) is 6.83. The Morgan fingerprint density at radius 2 is 1.59 bits per heavy atom. The number of hydrogen-bond acceptors (Lipinski definition) is 7. The van der Waals surface area contributed by atoms with E-state index in [1.165, 1.54) is 6.26 Å². The number of rotatable bonds is 9. The quantitative estimate of drug-likeness (QED) is 0.324. The van der Waals surface area contributed by atoms with Crippen molar-refractivity contribution in [2.45, 2.75) is 25.0 Å². The van der Waals surface area contributed by atoms with E-state index in [0.717, 1.165) is 42.9 Å². The molecule has 3 aromatic carbocycles. The molecular weight excluding hydrogens is 496 g/mol. The Morgan fingerprint density at radius 3 is 2.21 bits per heavy atom. The van der Waals surface area contributed by atoms with Crippen LogP contribution in [0.4, 0.5) is 5.69 Å². The first-order chi connectivity index (χ1) is 19.0. The molecule has 2 aliphatic rings. The summed E-state index contributed by atoms with van der Waals surface area (Å²) in [6.45, 7) is 2.91. The first kappa shape index (κ1) is 24.8. The third kappa shape index (κ3) is 5.69. The number of amides is 1. The number of aromatic nitrogens is 1. The fourth-order valence-electron chi connectivity index (χ4n) is 5.37. The maximum absolute atomic E-state index is 12.8. The van der Waals surface area contributed by atoms with Gasteiger partial charge in [-0.2, -0.15) is 0 Å². The predicted molar refractivity (Wildman–Crippen MR) is 145 cm³/mol. The SMILES string of the molecule is O=C(CN1C[C@@H]2C[C@H]1CN2Cc1ccc(C(=O)O)cc1)Nc1ccc(Oc2ccc(-c3ncco3)cc2)cc1. The van der Waals surface area contributed by atoms with Gasteiger partial charge < -0.3 is 19.6 Å². The summed E-state index contributed by atoms with van der Waals surface area (Å²) >= 11 is 0. The van der Waals surface area contributed by atoms with E-state index in [0.29, 0.717) is 41.6 Å². The summed E-state index contributed by atoms with van der Waals surface area (Å²) in [6, 6.07) is 22.6. The molecule has 0 saturated carbocycles. The molecule has 2 bridgehead atoms. The molecule has 0 aliphatic carbocycles. The number of aromatic carboxylic acids is 1. The summed E-state index contributed by atoms with van der Waals surface area (Å²) in [6.07, 6.45) is 4.20. The van der Waals surface area contributed by atoms with Crippen molar-refractivity contribution < 1.29 is 23.8 Å². The smallest absolute Gasteiger partial charge is 0.335 e. The molecule has 2 N–H and O–H groups in total. The Hall–Kier alpha value is -4.47.